The molecular formula is C13H18N4. The Morgan fingerprint density at radius 3 is 2.88 bits per heavy atom. The van der Waals surface area contributed by atoms with Gasteiger partial charge in [0.05, 0.1) is 12.2 Å². The van der Waals surface area contributed by atoms with E-state index in [4.69, 9.17) is 0 Å². The van der Waals surface area contributed by atoms with Gasteiger partial charge in [-0.25, -0.2) is 0 Å². The first-order valence-corrected chi connectivity index (χ1v) is 5.70. The zero-order valence-corrected chi connectivity index (χ0v) is 10.3. The second kappa shape index (κ2) is 5.50. The number of rotatable bonds is 5. The van der Waals surface area contributed by atoms with Gasteiger partial charge in [0.1, 0.15) is 0 Å². The van der Waals surface area contributed by atoms with E-state index in [2.05, 4.69) is 58.8 Å². The molecule has 4 nitrogen and oxygen atoms in total. The van der Waals surface area contributed by atoms with Crippen LogP contribution in [0.5, 0.6) is 0 Å². The number of anilines is 1. The molecule has 1 aromatic carbocycles. The highest BCUT2D eigenvalue weighted by Gasteiger charge is 1.98. The fourth-order valence-electron chi connectivity index (χ4n) is 1.73. The Balaban J connectivity index is 1.96. The molecule has 1 aromatic heterocycles. The van der Waals surface area contributed by atoms with Crippen LogP contribution in [0.15, 0.2) is 36.5 Å². The lowest BCUT2D eigenvalue weighted by molar-refractivity contribution is 0.402. The third-order valence-corrected chi connectivity index (χ3v) is 2.47. The Kier molecular flexibility index (Phi) is 3.77. The van der Waals surface area contributed by atoms with E-state index in [0.717, 1.165) is 24.5 Å². The van der Waals surface area contributed by atoms with E-state index < -0.39 is 0 Å². The molecule has 0 saturated heterocycles. The van der Waals surface area contributed by atoms with Crippen LogP contribution in [0.25, 0.3) is 0 Å². The van der Waals surface area contributed by atoms with Gasteiger partial charge in [-0.05, 0) is 37.9 Å². The summed E-state index contributed by atoms with van der Waals surface area (Å²) < 4.78 is 0. The van der Waals surface area contributed by atoms with Gasteiger partial charge in [-0.2, -0.15) is 5.10 Å². The molecule has 0 aliphatic rings. The standard InChI is InChI=1S/C13H18N4/c1-17(2)10-11-4-3-5-12(8-11)14-9-13-6-7-15-16-13/h3-8,14H,9-10H2,1-2H3,(H,15,16). The number of aromatic nitrogens is 2. The van der Waals surface area contributed by atoms with Crippen molar-refractivity contribution in [2.24, 2.45) is 0 Å². The molecule has 0 aliphatic heterocycles. The molecule has 0 radical (unpaired) electrons. The maximum Gasteiger partial charge on any atom is 0.0567 e. The van der Waals surface area contributed by atoms with E-state index in [1.807, 2.05) is 6.07 Å². The number of nitrogens with one attached hydrogen (secondary N) is 2. The number of aromatic amines is 1. The molecule has 0 spiro atoms. The number of nitrogens with zero attached hydrogens (tertiary/aromatic N) is 2. The SMILES string of the molecule is CN(C)Cc1cccc(NCc2ccn[nH]2)c1. The minimum absolute atomic E-state index is 0.769. The van der Waals surface area contributed by atoms with Crippen molar-refractivity contribution in [1.29, 1.82) is 0 Å². The Labute approximate surface area is 102 Å². The van der Waals surface area contributed by atoms with Crippen molar-refractivity contribution in [1.82, 2.24) is 15.1 Å². The van der Waals surface area contributed by atoms with Crippen LogP contribution in [-0.4, -0.2) is 29.2 Å². The first-order valence-electron chi connectivity index (χ1n) is 5.70. The second-order valence-electron chi connectivity index (χ2n) is 4.37. The van der Waals surface area contributed by atoms with Gasteiger partial charge < -0.3 is 10.2 Å². The van der Waals surface area contributed by atoms with Gasteiger partial charge in [-0.15, -0.1) is 0 Å². The molecule has 0 bridgehead atoms. The van der Waals surface area contributed by atoms with Crippen molar-refractivity contribution >= 4 is 5.69 Å². The average Bonchev–Trinajstić information content (AvgIpc) is 2.79. The van der Waals surface area contributed by atoms with Crippen molar-refractivity contribution < 1.29 is 0 Å². The van der Waals surface area contributed by atoms with E-state index >= 15 is 0 Å². The average molecular weight is 230 g/mol. The van der Waals surface area contributed by atoms with Crippen LogP contribution >= 0.6 is 0 Å². The van der Waals surface area contributed by atoms with Crippen LogP contribution in [0.3, 0.4) is 0 Å². The van der Waals surface area contributed by atoms with Crippen molar-refractivity contribution in [3.63, 3.8) is 0 Å². The molecule has 4 heteroatoms. The minimum Gasteiger partial charge on any atom is -0.379 e. The van der Waals surface area contributed by atoms with Crippen molar-refractivity contribution in [2.45, 2.75) is 13.1 Å². The van der Waals surface area contributed by atoms with Gasteiger partial charge >= 0.3 is 0 Å². The van der Waals surface area contributed by atoms with Gasteiger partial charge in [0.25, 0.3) is 0 Å². The molecule has 0 atom stereocenters. The van der Waals surface area contributed by atoms with E-state index in [0.29, 0.717) is 0 Å². The predicted octanol–water partition coefficient (Wildman–Crippen LogP) is 2.08. The molecule has 0 unspecified atom stereocenters. The maximum atomic E-state index is 3.92. The van der Waals surface area contributed by atoms with Crippen LogP contribution < -0.4 is 5.32 Å². The Morgan fingerprint density at radius 1 is 1.29 bits per heavy atom. The van der Waals surface area contributed by atoms with Crippen molar-refractivity contribution in [3.8, 4) is 0 Å². The molecule has 90 valence electrons. The predicted molar refractivity (Wildman–Crippen MR) is 69.7 cm³/mol. The summed E-state index contributed by atoms with van der Waals surface area (Å²) in [6, 6.07) is 10.4. The van der Waals surface area contributed by atoms with Crippen LogP contribution in [0.2, 0.25) is 0 Å². The van der Waals surface area contributed by atoms with Crippen LogP contribution in [0.1, 0.15) is 11.3 Å². The molecule has 0 amide bonds. The van der Waals surface area contributed by atoms with Gasteiger partial charge in [0, 0.05) is 18.4 Å². The Morgan fingerprint density at radius 2 is 2.18 bits per heavy atom. The number of H-pyrrole nitrogens is 1. The summed E-state index contributed by atoms with van der Waals surface area (Å²) in [6.45, 7) is 1.73. The topological polar surface area (TPSA) is 44.0 Å². The van der Waals surface area contributed by atoms with Gasteiger partial charge in [-0.1, -0.05) is 12.1 Å². The molecule has 17 heavy (non-hydrogen) atoms. The fraction of sp³-hybridized carbons (Fsp3) is 0.308. The second-order valence-corrected chi connectivity index (χ2v) is 4.37. The van der Waals surface area contributed by atoms with Crippen LogP contribution in [0, 0.1) is 0 Å². The third-order valence-electron chi connectivity index (χ3n) is 2.47. The fourth-order valence-corrected chi connectivity index (χ4v) is 1.73. The largest absolute Gasteiger partial charge is 0.379 e. The minimum atomic E-state index is 0.769. The van der Waals surface area contributed by atoms with Crippen molar-refractivity contribution in [2.75, 3.05) is 19.4 Å². The molecular weight excluding hydrogens is 212 g/mol. The smallest absolute Gasteiger partial charge is 0.0567 e. The molecule has 2 rings (SSSR count). The van der Waals surface area contributed by atoms with Gasteiger partial charge in [-0.3, -0.25) is 5.10 Å². The molecule has 2 N–H and O–H groups in total. The number of hydrogen-bond donors (Lipinski definition) is 2. The molecule has 1 heterocycles. The lowest BCUT2D eigenvalue weighted by Crippen LogP contribution is -2.10. The zero-order valence-electron chi connectivity index (χ0n) is 10.3. The highest BCUT2D eigenvalue weighted by Crippen LogP contribution is 2.12. The Bertz CT molecular complexity index is 448. The summed E-state index contributed by atoms with van der Waals surface area (Å²) in [6.07, 6.45) is 1.76. The Hall–Kier alpha value is -1.81. The maximum absolute atomic E-state index is 3.92. The van der Waals surface area contributed by atoms with Gasteiger partial charge in [0.15, 0.2) is 0 Å². The highest BCUT2D eigenvalue weighted by atomic mass is 15.1. The van der Waals surface area contributed by atoms with E-state index in [9.17, 15) is 0 Å². The summed E-state index contributed by atoms with van der Waals surface area (Å²) >= 11 is 0. The molecule has 0 saturated carbocycles. The molecule has 0 fully saturated rings. The van der Waals surface area contributed by atoms with E-state index in [1.165, 1.54) is 5.56 Å². The number of benzene rings is 1. The summed E-state index contributed by atoms with van der Waals surface area (Å²) in [5.41, 5.74) is 3.53. The molecule has 2 aromatic rings. The quantitative estimate of drug-likeness (QED) is 0.826. The third kappa shape index (κ3) is 3.60. The number of hydrogen-bond acceptors (Lipinski definition) is 3. The first-order chi connectivity index (χ1) is 8.24. The monoisotopic (exact) mass is 230 g/mol. The zero-order chi connectivity index (χ0) is 12.1. The first kappa shape index (κ1) is 11.7. The summed E-state index contributed by atoms with van der Waals surface area (Å²) in [4.78, 5) is 2.16. The summed E-state index contributed by atoms with van der Waals surface area (Å²) in [7, 11) is 4.15. The summed E-state index contributed by atoms with van der Waals surface area (Å²) in [5, 5.41) is 10.2. The molecule has 0 aliphatic carbocycles. The van der Waals surface area contributed by atoms with Crippen molar-refractivity contribution in [3.05, 3.63) is 47.8 Å². The van der Waals surface area contributed by atoms with Crippen LogP contribution in [-0.2, 0) is 13.1 Å². The lowest BCUT2D eigenvalue weighted by atomic mass is 10.2. The van der Waals surface area contributed by atoms with E-state index in [-0.39, 0.29) is 0 Å². The van der Waals surface area contributed by atoms with E-state index in [1.54, 1.807) is 6.20 Å². The lowest BCUT2D eigenvalue weighted by Gasteiger charge is -2.11. The van der Waals surface area contributed by atoms with Gasteiger partial charge in [0.2, 0.25) is 0 Å². The van der Waals surface area contributed by atoms with Crippen LogP contribution in [0.4, 0.5) is 5.69 Å². The highest BCUT2D eigenvalue weighted by molar-refractivity contribution is 5.45. The normalized spacial score (nSPS) is 10.8. The summed E-state index contributed by atoms with van der Waals surface area (Å²) in [5.74, 6) is 0.